The number of amides is 2. The molecule has 110 valence electrons. The number of benzene rings is 1. The lowest BCUT2D eigenvalue weighted by Gasteiger charge is -2.37. The zero-order valence-electron chi connectivity index (χ0n) is 11.5. The van der Waals surface area contributed by atoms with Gasteiger partial charge in [-0.25, -0.2) is 9.28 Å². The molecule has 0 aliphatic carbocycles. The molecule has 0 bridgehead atoms. The van der Waals surface area contributed by atoms with Crippen molar-refractivity contribution in [3.05, 3.63) is 28.2 Å². The normalized spacial score (nSPS) is 17.6. The highest BCUT2D eigenvalue weighted by Gasteiger charge is 2.37. The van der Waals surface area contributed by atoms with Crippen LogP contribution in [0, 0.1) is 0 Å². The Hall–Kier alpha value is -0.970. The van der Waals surface area contributed by atoms with Crippen molar-refractivity contribution in [3.63, 3.8) is 0 Å². The standard InChI is InChI=1S/C14H18Cl2N2O2/c1-2-18(6-4-3-5-7-18)14(19)17-20-13-9-11(15)8-12(16)10-13/h8-10H,2-7H2,1H3/p+1. The predicted molar refractivity (Wildman–Crippen MR) is 80.0 cm³/mol. The summed E-state index contributed by atoms with van der Waals surface area (Å²) in [5, 5.41) is 0.943. The molecule has 1 aromatic carbocycles. The molecule has 6 heteroatoms. The van der Waals surface area contributed by atoms with E-state index >= 15 is 0 Å². The van der Waals surface area contributed by atoms with Gasteiger partial charge in [0.1, 0.15) is 0 Å². The molecule has 0 saturated carbocycles. The Morgan fingerprint density at radius 2 is 1.80 bits per heavy atom. The molecule has 0 aromatic heterocycles. The fourth-order valence-corrected chi connectivity index (χ4v) is 3.07. The molecule has 0 radical (unpaired) electrons. The molecule has 1 aliphatic rings. The molecular weight excluding hydrogens is 299 g/mol. The van der Waals surface area contributed by atoms with Crippen molar-refractivity contribution in [1.82, 2.24) is 5.48 Å². The van der Waals surface area contributed by atoms with Crippen LogP contribution in [0.4, 0.5) is 4.79 Å². The molecule has 4 nitrogen and oxygen atoms in total. The first-order chi connectivity index (χ1) is 9.55. The van der Waals surface area contributed by atoms with Gasteiger partial charge in [-0.2, -0.15) is 0 Å². The average molecular weight is 318 g/mol. The topological polar surface area (TPSA) is 38.3 Å². The van der Waals surface area contributed by atoms with E-state index in [0.717, 1.165) is 32.5 Å². The maximum absolute atomic E-state index is 12.4. The number of rotatable bonds is 3. The van der Waals surface area contributed by atoms with Crippen LogP contribution in [-0.4, -0.2) is 30.1 Å². The first-order valence-corrected chi connectivity index (χ1v) is 7.61. The number of nitrogens with one attached hydrogen (secondary N) is 1. The monoisotopic (exact) mass is 317 g/mol. The number of urea groups is 1. The summed E-state index contributed by atoms with van der Waals surface area (Å²) in [5.74, 6) is 0.433. The minimum Gasteiger partial charge on any atom is -0.375 e. The van der Waals surface area contributed by atoms with Gasteiger partial charge in [-0.3, -0.25) is 0 Å². The summed E-state index contributed by atoms with van der Waals surface area (Å²) in [6.07, 6.45) is 3.34. The van der Waals surface area contributed by atoms with Crippen molar-refractivity contribution >= 4 is 29.2 Å². The highest BCUT2D eigenvalue weighted by molar-refractivity contribution is 6.34. The lowest BCUT2D eigenvalue weighted by molar-refractivity contribution is -0.855. The number of piperidine rings is 1. The molecule has 1 N–H and O–H groups in total. The lowest BCUT2D eigenvalue weighted by atomic mass is 10.1. The molecule has 0 atom stereocenters. The summed E-state index contributed by atoms with van der Waals surface area (Å²) in [4.78, 5) is 17.7. The van der Waals surface area contributed by atoms with E-state index in [2.05, 4.69) is 5.48 Å². The SMILES string of the molecule is CC[N+]1(C(=O)NOc2cc(Cl)cc(Cl)c2)CCCCC1. The van der Waals surface area contributed by atoms with Crippen molar-refractivity contribution in [2.75, 3.05) is 19.6 Å². The molecule has 1 heterocycles. The van der Waals surface area contributed by atoms with Crippen LogP contribution in [0.15, 0.2) is 18.2 Å². The van der Waals surface area contributed by atoms with E-state index in [1.165, 1.54) is 6.42 Å². The molecule has 1 aliphatic heterocycles. The molecule has 20 heavy (non-hydrogen) atoms. The second-order valence-electron chi connectivity index (χ2n) is 5.08. The van der Waals surface area contributed by atoms with Crippen molar-refractivity contribution in [2.45, 2.75) is 26.2 Å². The smallest absolute Gasteiger partial charge is 0.375 e. The third-order valence-electron chi connectivity index (χ3n) is 3.80. The van der Waals surface area contributed by atoms with Gasteiger partial charge in [0.05, 0.1) is 19.6 Å². The Labute approximate surface area is 129 Å². The van der Waals surface area contributed by atoms with Gasteiger partial charge < -0.3 is 4.84 Å². The molecule has 2 amide bonds. The van der Waals surface area contributed by atoms with E-state index in [0.29, 0.717) is 20.3 Å². The van der Waals surface area contributed by atoms with Crippen LogP contribution in [-0.2, 0) is 0 Å². The van der Waals surface area contributed by atoms with Crippen molar-refractivity contribution in [2.24, 2.45) is 0 Å². The molecule has 2 rings (SSSR count). The summed E-state index contributed by atoms with van der Waals surface area (Å²) >= 11 is 11.8. The van der Waals surface area contributed by atoms with E-state index in [-0.39, 0.29) is 6.03 Å². The number of hydrogen-bond donors (Lipinski definition) is 1. The third kappa shape index (κ3) is 3.57. The largest absolute Gasteiger partial charge is 0.449 e. The van der Waals surface area contributed by atoms with Crippen molar-refractivity contribution < 1.29 is 14.1 Å². The van der Waals surface area contributed by atoms with Crippen LogP contribution in [0.25, 0.3) is 0 Å². The van der Waals surface area contributed by atoms with Gasteiger partial charge in [0.2, 0.25) is 0 Å². The van der Waals surface area contributed by atoms with E-state index in [1.54, 1.807) is 18.2 Å². The van der Waals surface area contributed by atoms with Crippen LogP contribution in [0.3, 0.4) is 0 Å². The Morgan fingerprint density at radius 1 is 1.20 bits per heavy atom. The molecule has 0 spiro atoms. The minimum absolute atomic E-state index is 0.108. The van der Waals surface area contributed by atoms with Crippen molar-refractivity contribution in [3.8, 4) is 5.75 Å². The number of carbonyl (C=O) groups is 1. The molecular formula is C14H19Cl2N2O2+. The number of likely N-dealkylation sites (tertiary alicyclic amines) is 1. The molecule has 1 aromatic rings. The van der Waals surface area contributed by atoms with E-state index in [1.807, 2.05) is 6.92 Å². The Kier molecular flexibility index (Phi) is 5.13. The number of hydroxylamine groups is 1. The quantitative estimate of drug-likeness (QED) is 0.675. The number of halogens is 2. The second-order valence-corrected chi connectivity index (χ2v) is 5.96. The van der Waals surface area contributed by atoms with Crippen LogP contribution >= 0.6 is 23.2 Å². The average Bonchev–Trinajstić information content (AvgIpc) is 2.44. The lowest BCUT2D eigenvalue weighted by Crippen LogP contribution is -2.60. The van der Waals surface area contributed by atoms with Gasteiger partial charge in [0.25, 0.3) is 0 Å². The second kappa shape index (κ2) is 6.66. The first-order valence-electron chi connectivity index (χ1n) is 6.85. The molecule has 1 fully saturated rings. The van der Waals surface area contributed by atoms with Crippen molar-refractivity contribution in [1.29, 1.82) is 0 Å². The van der Waals surface area contributed by atoms with E-state index in [9.17, 15) is 4.79 Å². The highest BCUT2D eigenvalue weighted by atomic mass is 35.5. The molecule has 0 unspecified atom stereocenters. The number of quaternary nitrogens is 1. The maximum atomic E-state index is 12.4. The molecule has 1 saturated heterocycles. The summed E-state index contributed by atoms with van der Waals surface area (Å²) in [6.45, 7) is 4.52. The third-order valence-corrected chi connectivity index (χ3v) is 4.24. The van der Waals surface area contributed by atoms with Crippen LogP contribution in [0.2, 0.25) is 10.0 Å². The summed E-state index contributed by atoms with van der Waals surface area (Å²) in [6, 6.07) is 4.73. The van der Waals surface area contributed by atoms with E-state index in [4.69, 9.17) is 28.0 Å². The highest BCUT2D eigenvalue weighted by Crippen LogP contribution is 2.24. The maximum Gasteiger partial charge on any atom is 0.449 e. The number of carbonyl (C=O) groups excluding carboxylic acids is 1. The number of nitrogens with zero attached hydrogens (tertiary/aromatic N) is 1. The Morgan fingerprint density at radius 3 is 2.35 bits per heavy atom. The Balaban J connectivity index is 2.00. The number of hydrogen-bond acceptors (Lipinski definition) is 2. The van der Waals surface area contributed by atoms with Gasteiger partial charge in [0.15, 0.2) is 5.75 Å². The van der Waals surface area contributed by atoms with Gasteiger partial charge in [-0.1, -0.05) is 23.2 Å². The van der Waals surface area contributed by atoms with Gasteiger partial charge in [0, 0.05) is 22.2 Å². The predicted octanol–water partition coefficient (Wildman–Crippen LogP) is 4.02. The van der Waals surface area contributed by atoms with Gasteiger partial charge in [-0.15, -0.1) is 5.48 Å². The fourth-order valence-electron chi connectivity index (χ4n) is 2.57. The summed E-state index contributed by atoms with van der Waals surface area (Å²) in [5.41, 5.74) is 2.53. The summed E-state index contributed by atoms with van der Waals surface area (Å²) in [7, 11) is 0. The van der Waals surface area contributed by atoms with Gasteiger partial charge in [-0.05, 0) is 32.3 Å². The van der Waals surface area contributed by atoms with Crippen LogP contribution < -0.4 is 10.3 Å². The zero-order chi connectivity index (χ0) is 14.6. The first kappa shape index (κ1) is 15.4. The van der Waals surface area contributed by atoms with Gasteiger partial charge >= 0.3 is 6.03 Å². The summed E-state index contributed by atoms with van der Waals surface area (Å²) < 4.78 is 0.425. The van der Waals surface area contributed by atoms with Crippen LogP contribution in [0.5, 0.6) is 5.75 Å². The Bertz CT molecular complexity index is 468. The van der Waals surface area contributed by atoms with E-state index < -0.39 is 0 Å². The zero-order valence-corrected chi connectivity index (χ0v) is 13.0. The van der Waals surface area contributed by atoms with Crippen LogP contribution in [0.1, 0.15) is 26.2 Å². The minimum atomic E-state index is -0.108. The fraction of sp³-hybridized carbons (Fsp3) is 0.500.